The molecule has 5 N–H and O–H groups in total. The summed E-state index contributed by atoms with van der Waals surface area (Å²) in [4.78, 5) is 50.0. The van der Waals surface area contributed by atoms with Gasteiger partial charge in [-0.25, -0.2) is 23.7 Å². The van der Waals surface area contributed by atoms with Crippen LogP contribution in [0.4, 0.5) is 35.9 Å². The fourth-order valence-electron chi connectivity index (χ4n) is 4.43. The van der Waals surface area contributed by atoms with Crippen molar-refractivity contribution in [2.24, 2.45) is 10.8 Å². The van der Waals surface area contributed by atoms with Gasteiger partial charge >= 0.3 is 24.9 Å². The van der Waals surface area contributed by atoms with E-state index < -0.39 is 91.2 Å². The average molecular weight is 726 g/mol. The summed E-state index contributed by atoms with van der Waals surface area (Å²) in [5, 5.41) is 21.7. The number of nitrogens with one attached hydrogen (secondary N) is 4. The fraction of sp³-hybridized carbons (Fsp3) is 0.567. The first-order valence-corrected chi connectivity index (χ1v) is 14.9. The van der Waals surface area contributed by atoms with Crippen LogP contribution in [0, 0.1) is 16.6 Å². The molecule has 0 fully saturated rings. The van der Waals surface area contributed by atoms with Crippen molar-refractivity contribution in [1.29, 1.82) is 0 Å². The van der Waals surface area contributed by atoms with Crippen molar-refractivity contribution in [2.75, 3.05) is 27.3 Å². The molecule has 0 spiro atoms. The number of halogens is 6. The van der Waals surface area contributed by atoms with E-state index in [1.807, 2.05) is 5.32 Å². The van der Waals surface area contributed by atoms with E-state index in [0.717, 1.165) is 37.7 Å². The zero-order valence-corrected chi connectivity index (χ0v) is 28.3. The number of benzene rings is 1. The van der Waals surface area contributed by atoms with Gasteiger partial charge in [-0.3, -0.25) is 15.0 Å². The molecule has 0 bridgehead atoms. The van der Waals surface area contributed by atoms with Gasteiger partial charge in [-0.15, -0.1) is 0 Å². The molecular formula is C30H41F6N7O7. The highest BCUT2D eigenvalue weighted by molar-refractivity contribution is 5.87. The summed E-state index contributed by atoms with van der Waals surface area (Å²) in [6.45, 7) is 1.62. The van der Waals surface area contributed by atoms with Crippen LogP contribution in [0.5, 0.6) is 0 Å². The molecule has 1 heterocycles. The van der Waals surface area contributed by atoms with Crippen molar-refractivity contribution in [3.63, 3.8) is 0 Å². The monoisotopic (exact) mass is 725 g/mol. The normalized spacial score (nSPS) is 14.1. The van der Waals surface area contributed by atoms with Crippen LogP contribution in [0.15, 0.2) is 30.6 Å². The van der Waals surface area contributed by atoms with Crippen molar-refractivity contribution in [2.45, 2.75) is 72.1 Å². The van der Waals surface area contributed by atoms with Crippen molar-refractivity contribution in [3.05, 3.63) is 42.0 Å². The van der Waals surface area contributed by atoms with Crippen molar-refractivity contribution >= 4 is 24.0 Å². The number of hydrogen-bond acceptors (Lipinski definition) is 9. The van der Waals surface area contributed by atoms with Crippen LogP contribution in [0.1, 0.15) is 46.7 Å². The quantitative estimate of drug-likeness (QED) is 0.144. The Morgan fingerprint density at radius 2 is 1.52 bits per heavy atom. The van der Waals surface area contributed by atoms with Crippen molar-refractivity contribution < 1.29 is 60.1 Å². The first kappa shape index (κ1) is 41.6. The predicted octanol–water partition coefficient (Wildman–Crippen LogP) is 3.48. The maximum absolute atomic E-state index is 15.3. The van der Waals surface area contributed by atoms with E-state index in [4.69, 9.17) is 0 Å². The minimum Gasteiger partial charge on any atom is -0.453 e. The number of nitrogens with zero attached hydrogens (tertiary/aromatic N) is 3. The summed E-state index contributed by atoms with van der Waals surface area (Å²) in [6.07, 6.45) is -6.71. The number of hydrogen-bond donors (Lipinski definition) is 5. The number of alkyl carbamates (subject to hydrolysis) is 2. The lowest BCUT2D eigenvalue weighted by atomic mass is 9.83. The molecule has 4 amide bonds. The number of carbonyl (C=O) groups is 4. The Kier molecular flexibility index (Phi) is 14.0. The Balaban J connectivity index is 2.35. The molecule has 2 aromatic rings. The second kappa shape index (κ2) is 16.9. The smallest absolute Gasteiger partial charge is 0.407 e. The number of aliphatic hydroxyl groups is 1. The lowest BCUT2D eigenvalue weighted by Gasteiger charge is -2.35. The van der Waals surface area contributed by atoms with Crippen LogP contribution in [0.2, 0.25) is 0 Å². The zero-order chi connectivity index (χ0) is 38.2. The maximum atomic E-state index is 15.3. The number of amides is 4. The Bertz CT molecular complexity index is 1500. The van der Waals surface area contributed by atoms with Gasteiger partial charge in [0.2, 0.25) is 5.91 Å². The van der Waals surface area contributed by atoms with E-state index >= 15 is 4.39 Å². The Morgan fingerprint density at radius 3 is 2.00 bits per heavy atom. The van der Waals surface area contributed by atoms with Crippen LogP contribution in [-0.2, 0) is 25.6 Å². The van der Waals surface area contributed by atoms with Gasteiger partial charge in [0.15, 0.2) is 0 Å². The molecule has 280 valence electrons. The second-order valence-corrected chi connectivity index (χ2v) is 12.8. The largest absolute Gasteiger partial charge is 0.453 e. The number of ether oxygens (including phenoxy) is 2. The highest BCUT2D eigenvalue weighted by atomic mass is 19.4. The number of carbonyl (C=O) groups excluding carboxylic acids is 4. The molecule has 0 aliphatic carbocycles. The summed E-state index contributed by atoms with van der Waals surface area (Å²) >= 11 is 0. The third kappa shape index (κ3) is 11.2. The van der Waals surface area contributed by atoms with Crippen molar-refractivity contribution in [3.8, 4) is 11.1 Å². The lowest BCUT2D eigenvalue weighted by Crippen LogP contribution is -2.60. The van der Waals surface area contributed by atoms with Gasteiger partial charge in [0.1, 0.15) is 17.9 Å². The third-order valence-electron chi connectivity index (χ3n) is 7.50. The number of aromatic nitrogens is 2. The summed E-state index contributed by atoms with van der Waals surface area (Å²) < 4.78 is 91.9. The van der Waals surface area contributed by atoms with E-state index in [1.165, 1.54) is 12.1 Å². The number of alkyl halides is 5. The zero-order valence-electron chi connectivity index (χ0n) is 28.3. The minimum atomic E-state index is -4.96. The van der Waals surface area contributed by atoms with E-state index in [0.29, 0.717) is 18.5 Å². The molecule has 2 rings (SSSR count). The molecule has 1 aromatic heterocycles. The van der Waals surface area contributed by atoms with Crippen LogP contribution in [-0.4, -0.2) is 95.6 Å². The molecule has 0 aliphatic rings. The van der Waals surface area contributed by atoms with Gasteiger partial charge in [0, 0.05) is 37.0 Å². The van der Waals surface area contributed by atoms with E-state index in [1.54, 1.807) is 20.8 Å². The van der Waals surface area contributed by atoms with Gasteiger partial charge < -0.3 is 30.5 Å². The molecular weight excluding hydrogens is 684 g/mol. The summed E-state index contributed by atoms with van der Waals surface area (Å²) in [7, 11) is 1.97. The van der Waals surface area contributed by atoms with Gasteiger partial charge in [0.25, 0.3) is 5.91 Å². The summed E-state index contributed by atoms with van der Waals surface area (Å²) in [6, 6.07) is 0.300. The molecule has 20 heteroatoms. The van der Waals surface area contributed by atoms with Crippen LogP contribution in [0.25, 0.3) is 11.1 Å². The number of rotatable bonds is 14. The molecule has 3 atom stereocenters. The SMILES string of the molecule is COC(=O)NC(C(=O)NC[C@@H](O)CN(Cc1ccc(-c2cnn(C(F)F)c2)cc1F)NC(=O)[C@@H](NC(=O)OC)C(C)(C)C)C(C)(C)C(F)(F)F. The van der Waals surface area contributed by atoms with Gasteiger partial charge in [-0.1, -0.05) is 32.9 Å². The number of aliphatic hydroxyl groups excluding tert-OH is 1. The maximum Gasteiger partial charge on any atom is 0.407 e. The van der Waals surface area contributed by atoms with E-state index in [-0.39, 0.29) is 16.7 Å². The van der Waals surface area contributed by atoms with Crippen LogP contribution in [0.3, 0.4) is 0 Å². The number of hydrazine groups is 1. The highest BCUT2D eigenvalue weighted by Gasteiger charge is 2.55. The molecule has 0 radical (unpaired) electrons. The molecule has 0 aliphatic heterocycles. The topological polar surface area (TPSA) is 176 Å². The molecule has 0 saturated heterocycles. The third-order valence-corrected chi connectivity index (χ3v) is 7.50. The molecule has 1 unspecified atom stereocenters. The van der Waals surface area contributed by atoms with Crippen LogP contribution >= 0.6 is 0 Å². The van der Waals surface area contributed by atoms with Gasteiger partial charge in [-0.2, -0.15) is 27.1 Å². The summed E-state index contributed by atoms with van der Waals surface area (Å²) in [5.41, 5.74) is -0.893. The Morgan fingerprint density at radius 1 is 0.940 bits per heavy atom. The average Bonchev–Trinajstić information content (AvgIpc) is 3.51. The highest BCUT2D eigenvalue weighted by Crippen LogP contribution is 2.40. The lowest BCUT2D eigenvalue weighted by molar-refractivity contribution is -0.220. The van der Waals surface area contributed by atoms with Gasteiger partial charge in [-0.05, 0) is 30.9 Å². The van der Waals surface area contributed by atoms with E-state index in [2.05, 4.69) is 30.6 Å². The Labute approximate surface area is 283 Å². The molecule has 1 aromatic carbocycles. The van der Waals surface area contributed by atoms with E-state index in [9.17, 15) is 46.2 Å². The van der Waals surface area contributed by atoms with Crippen LogP contribution < -0.4 is 21.4 Å². The standard InChI is InChI=1S/C30H41F6N7O7/c1-28(2,3)21(39-26(47)49-6)24(46)41-42(13-17-9-8-16(10-20(17)31)18-11-38-43(14-18)25(32)33)15-19(44)12-37-23(45)22(40-27(48)50-7)29(4,5)30(34,35)36/h8-11,14,19,21-22,25,44H,12-13,15H2,1-7H3,(H,37,45)(H,39,47)(H,40,48)(H,41,46)/t19-,21-,22?/m1/s1. The van der Waals surface area contributed by atoms with Crippen molar-refractivity contribution in [1.82, 2.24) is 36.2 Å². The first-order chi connectivity index (χ1) is 23.0. The molecule has 50 heavy (non-hydrogen) atoms. The fourth-order valence-corrected chi connectivity index (χ4v) is 4.43. The Hall–Kier alpha value is -4.59. The molecule has 0 saturated carbocycles. The summed E-state index contributed by atoms with van der Waals surface area (Å²) in [5.74, 6) is -3.00. The predicted molar refractivity (Wildman–Crippen MR) is 164 cm³/mol. The van der Waals surface area contributed by atoms with Gasteiger partial charge in [0.05, 0.1) is 31.9 Å². The second-order valence-electron chi connectivity index (χ2n) is 12.8. The minimum absolute atomic E-state index is 0.0611. The number of methoxy groups -OCH3 is 2. The first-order valence-electron chi connectivity index (χ1n) is 14.9. The molecule has 14 nitrogen and oxygen atoms in total.